The van der Waals surface area contributed by atoms with Gasteiger partial charge >= 0.3 is 6.18 Å². The van der Waals surface area contributed by atoms with Gasteiger partial charge in [-0.3, -0.25) is 4.79 Å². The number of hydrogen-bond donors (Lipinski definition) is 1. The molecule has 1 N–H and O–H groups in total. The van der Waals surface area contributed by atoms with Crippen LogP contribution in [-0.2, 0) is 6.18 Å². The number of carbonyl (C=O) groups excluding carboxylic acids is 1. The standard InChI is InChI=1S/C13H13BrF3NOS/c1-20-12(4-5-12)7-18-11(19)9-6-8(13(15,16)17)2-3-10(9)14/h2-3,6H,4-5,7H2,1H3,(H,18,19). The van der Waals surface area contributed by atoms with Crippen LogP contribution >= 0.6 is 27.7 Å². The van der Waals surface area contributed by atoms with Crippen LogP contribution in [0.3, 0.4) is 0 Å². The van der Waals surface area contributed by atoms with Crippen molar-refractivity contribution in [1.29, 1.82) is 0 Å². The fraction of sp³-hybridized carbons (Fsp3) is 0.462. The van der Waals surface area contributed by atoms with Crippen LogP contribution < -0.4 is 5.32 Å². The summed E-state index contributed by atoms with van der Waals surface area (Å²) in [5.41, 5.74) is -0.812. The lowest BCUT2D eigenvalue weighted by molar-refractivity contribution is -0.137. The van der Waals surface area contributed by atoms with Crippen LogP contribution in [0.25, 0.3) is 0 Å². The molecule has 20 heavy (non-hydrogen) atoms. The molecule has 1 aromatic rings. The summed E-state index contributed by atoms with van der Waals surface area (Å²) in [4.78, 5) is 12.0. The minimum absolute atomic E-state index is 0.0109. The fourth-order valence-corrected chi connectivity index (χ4v) is 2.96. The molecule has 0 aliphatic heterocycles. The molecule has 1 amide bonds. The predicted molar refractivity (Wildman–Crippen MR) is 77.0 cm³/mol. The molecule has 0 unspecified atom stereocenters. The molecule has 0 atom stereocenters. The number of rotatable bonds is 4. The van der Waals surface area contributed by atoms with Gasteiger partial charge in [-0.1, -0.05) is 0 Å². The van der Waals surface area contributed by atoms with E-state index >= 15 is 0 Å². The monoisotopic (exact) mass is 367 g/mol. The summed E-state index contributed by atoms with van der Waals surface area (Å²) in [6.45, 7) is 0.482. The van der Waals surface area contributed by atoms with E-state index in [1.165, 1.54) is 6.07 Å². The molecule has 0 spiro atoms. The Morgan fingerprint density at radius 1 is 1.45 bits per heavy atom. The Balaban J connectivity index is 2.13. The third-order valence-corrected chi connectivity index (χ3v) is 5.46. The number of thioether (sulfide) groups is 1. The normalized spacial score (nSPS) is 16.9. The molecule has 0 saturated heterocycles. The first kappa shape index (κ1) is 15.7. The van der Waals surface area contributed by atoms with E-state index < -0.39 is 17.6 Å². The lowest BCUT2D eigenvalue weighted by Crippen LogP contribution is -2.32. The van der Waals surface area contributed by atoms with E-state index in [4.69, 9.17) is 0 Å². The lowest BCUT2D eigenvalue weighted by Gasteiger charge is -2.14. The number of alkyl halides is 3. The van der Waals surface area contributed by atoms with Crippen molar-refractivity contribution < 1.29 is 18.0 Å². The van der Waals surface area contributed by atoms with Crippen LogP contribution in [0.5, 0.6) is 0 Å². The van der Waals surface area contributed by atoms with Crippen molar-refractivity contribution in [1.82, 2.24) is 5.32 Å². The summed E-state index contributed by atoms with van der Waals surface area (Å²) in [7, 11) is 0. The summed E-state index contributed by atoms with van der Waals surface area (Å²) >= 11 is 4.80. The summed E-state index contributed by atoms with van der Waals surface area (Å²) in [5, 5.41) is 2.72. The van der Waals surface area contributed by atoms with Crippen LogP contribution in [0.15, 0.2) is 22.7 Å². The van der Waals surface area contributed by atoms with E-state index in [2.05, 4.69) is 21.2 Å². The van der Waals surface area contributed by atoms with E-state index in [9.17, 15) is 18.0 Å². The van der Waals surface area contributed by atoms with Crippen LogP contribution in [-0.4, -0.2) is 23.5 Å². The van der Waals surface area contributed by atoms with Gasteiger partial charge in [0.05, 0.1) is 11.1 Å². The van der Waals surface area contributed by atoms with Crippen molar-refractivity contribution in [2.75, 3.05) is 12.8 Å². The van der Waals surface area contributed by atoms with Gasteiger partial charge in [0, 0.05) is 15.8 Å². The molecular weight excluding hydrogens is 355 g/mol. The van der Waals surface area contributed by atoms with Gasteiger partial charge in [-0.15, -0.1) is 0 Å². The van der Waals surface area contributed by atoms with Crippen LogP contribution in [0, 0.1) is 0 Å². The Kier molecular flexibility index (Phi) is 4.39. The van der Waals surface area contributed by atoms with Crippen LogP contribution in [0.1, 0.15) is 28.8 Å². The van der Waals surface area contributed by atoms with Crippen LogP contribution in [0.4, 0.5) is 13.2 Å². The average Bonchev–Trinajstić information content (AvgIpc) is 3.16. The molecule has 0 aromatic heterocycles. The largest absolute Gasteiger partial charge is 0.416 e. The SMILES string of the molecule is CSC1(CNC(=O)c2cc(C(F)(F)F)ccc2Br)CC1. The maximum absolute atomic E-state index is 12.7. The smallest absolute Gasteiger partial charge is 0.351 e. The number of nitrogens with one attached hydrogen (secondary N) is 1. The Labute approximate surface area is 127 Å². The van der Waals surface area contributed by atoms with Crippen molar-refractivity contribution in [2.45, 2.75) is 23.8 Å². The van der Waals surface area contributed by atoms with Crippen molar-refractivity contribution >= 4 is 33.6 Å². The van der Waals surface area contributed by atoms with Gasteiger partial charge in [0.1, 0.15) is 0 Å². The van der Waals surface area contributed by atoms with Crippen molar-refractivity contribution in [3.05, 3.63) is 33.8 Å². The Bertz CT molecular complexity index is 529. The first-order chi connectivity index (χ1) is 9.27. The Morgan fingerprint density at radius 3 is 2.60 bits per heavy atom. The highest BCUT2D eigenvalue weighted by Gasteiger charge is 2.42. The molecule has 2 nitrogen and oxygen atoms in total. The minimum Gasteiger partial charge on any atom is -0.351 e. The second kappa shape index (κ2) is 5.60. The molecule has 1 aromatic carbocycles. The van der Waals surface area contributed by atoms with Gasteiger partial charge in [-0.05, 0) is 53.2 Å². The third-order valence-electron chi connectivity index (χ3n) is 3.35. The highest BCUT2D eigenvalue weighted by atomic mass is 79.9. The maximum Gasteiger partial charge on any atom is 0.416 e. The maximum atomic E-state index is 12.7. The zero-order valence-corrected chi connectivity index (χ0v) is 13.1. The Morgan fingerprint density at radius 2 is 2.10 bits per heavy atom. The fourth-order valence-electron chi connectivity index (χ4n) is 1.80. The van der Waals surface area contributed by atoms with E-state index in [1.807, 2.05) is 6.26 Å². The minimum atomic E-state index is -4.45. The number of halogens is 4. The zero-order chi connectivity index (χ0) is 15.0. The molecule has 1 saturated carbocycles. The van der Waals surface area contributed by atoms with E-state index in [0.29, 0.717) is 11.0 Å². The molecule has 7 heteroatoms. The van der Waals surface area contributed by atoms with Gasteiger partial charge in [-0.2, -0.15) is 24.9 Å². The van der Waals surface area contributed by atoms with E-state index in [1.54, 1.807) is 11.8 Å². The van der Waals surface area contributed by atoms with E-state index in [0.717, 1.165) is 25.0 Å². The second-order valence-corrected chi connectivity index (χ2v) is 6.89. The number of carbonyl (C=O) groups is 1. The molecule has 2 rings (SSSR count). The van der Waals surface area contributed by atoms with Crippen molar-refractivity contribution in [3.8, 4) is 0 Å². The van der Waals surface area contributed by atoms with Gasteiger partial charge in [0.15, 0.2) is 0 Å². The molecule has 1 fully saturated rings. The summed E-state index contributed by atoms with van der Waals surface area (Å²) in [6.07, 6.45) is -0.428. The summed E-state index contributed by atoms with van der Waals surface area (Å²) in [5.74, 6) is -0.483. The second-order valence-electron chi connectivity index (χ2n) is 4.76. The topological polar surface area (TPSA) is 29.1 Å². The first-order valence-corrected chi connectivity index (χ1v) is 7.99. The van der Waals surface area contributed by atoms with Crippen molar-refractivity contribution in [2.24, 2.45) is 0 Å². The molecule has 0 radical (unpaired) electrons. The third kappa shape index (κ3) is 3.49. The molecular formula is C13H13BrF3NOS. The highest BCUT2D eigenvalue weighted by Crippen LogP contribution is 2.46. The molecule has 0 bridgehead atoms. The van der Waals surface area contributed by atoms with E-state index in [-0.39, 0.29) is 10.3 Å². The summed E-state index contributed by atoms with van der Waals surface area (Å²) in [6, 6.07) is 3.07. The van der Waals surface area contributed by atoms with Gasteiger partial charge in [0.2, 0.25) is 0 Å². The highest BCUT2D eigenvalue weighted by molar-refractivity contribution is 9.10. The van der Waals surface area contributed by atoms with Gasteiger partial charge < -0.3 is 5.32 Å². The predicted octanol–water partition coefficient (Wildman–Crippen LogP) is 4.09. The summed E-state index contributed by atoms with van der Waals surface area (Å²) < 4.78 is 38.4. The average molecular weight is 368 g/mol. The molecule has 0 heterocycles. The van der Waals surface area contributed by atoms with Gasteiger partial charge in [-0.25, -0.2) is 0 Å². The molecule has 1 aliphatic rings. The molecule has 110 valence electrons. The number of hydrogen-bond acceptors (Lipinski definition) is 2. The number of benzene rings is 1. The zero-order valence-electron chi connectivity index (χ0n) is 10.7. The van der Waals surface area contributed by atoms with Crippen LogP contribution in [0.2, 0.25) is 0 Å². The number of amides is 1. The quantitative estimate of drug-likeness (QED) is 0.867. The van der Waals surface area contributed by atoms with Gasteiger partial charge in [0.25, 0.3) is 5.91 Å². The Hall–Kier alpha value is -0.690. The first-order valence-electron chi connectivity index (χ1n) is 5.97. The lowest BCUT2D eigenvalue weighted by atomic mass is 10.1. The molecule has 1 aliphatic carbocycles. The van der Waals surface area contributed by atoms with Crippen molar-refractivity contribution in [3.63, 3.8) is 0 Å².